The molecule has 78 valence electrons. The lowest BCUT2D eigenvalue weighted by Crippen LogP contribution is -2.33. The van der Waals surface area contributed by atoms with Gasteiger partial charge in [0.1, 0.15) is 6.61 Å². The minimum absolute atomic E-state index is 0.0870. The van der Waals surface area contributed by atoms with Gasteiger partial charge in [-0.3, -0.25) is 4.63 Å². The van der Waals surface area contributed by atoms with Crippen LogP contribution in [0.5, 0.6) is 0 Å². The smallest absolute Gasteiger partial charge is 0.387 e. The average molecular weight is 202 g/mol. The molecule has 0 aromatic carbocycles. The molecule has 0 saturated carbocycles. The zero-order valence-corrected chi connectivity index (χ0v) is 7.76. The SMILES string of the molecule is CC(C)OC(=O)c1c(CO)no[n+]1[O-]. The highest BCUT2D eigenvalue weighted by Crippen LogP contribution is 2.04. The molecule has 1 heterocycles. The van der Waals surface area contributed by atoms with Crippen LogP contribution in [0.25, 0.3) is 0 Å². The highest BCUT2D eigenvalue weighted by atomic mass is 16.8. The molecule has 0 aliphatic heterocycles. The number of ether oxygens (including phenoxy) is 1. The molecule has 0 atom stereocenters. The van der Waals surface area contributed by atoms with Gasteiger partial charge in [0, 0.05) is 5.16 Å². The quantitative estimate of drug-likeness (QED) is 0.517. The molecular formula is C7H10N2O5. The van der Waals surface area contributed by atoms with E-state index in [9.17, 15) is 10.0 Å². The average Bonchev–Trinajstić information content (AvgIpc) is 2.45. The topological polar surface area (TPSA) is 99.5 Å². The van der Waals surface area contributed by atoms with E-state index in [2.05, 4.69) is 9.79 Å². The molecule has 0 saturated heterocycles. The number of hydrogen-bond donors (Lipinski definition) is 1. The Morgan fingerprint density at radius 3 is 2.93 bits per heavy atom. The number of carbonyl (C=O) groups excluding carboxylic acids is 1. The second-order valence-corrected chi connectivity index (χ2v) is 2.84. The number of esters is 1. The molecule has 7 heteroatoms. The van der Waals surface area contributed by atoms with Crippen LogP contribution in [0.3, 0.4) is 0 Å². The molecule has 1 rings (SSSR count). The largest absolute Gasteiger partial charge is 0.457 e. The summed E-state index contributed by atoms with van der Waals surface area (Å²) in [7, 11) is 0. The van der Waals surface area contributed by atoms with Crippen molar-refractivity contribution >= 4 is 5.97 Å². The molecule has 0 radical (unpaired) electrons. The Morgan fingerprint density at radius 1 is 1.79 bits per heavy atom. The maximum atomic E-state index is 11.3. The van der Waals surface area contributed by atoms with Crippen LogP contribution < -0.4 is 4.90 Å². The van der Waals surface area contributed by atoms with Gasteiger partial charge < -0.3 is 15.1 Å². The van der Waals surface area contributed by atoms with E-state index >= 15 is 0 Å². The van der Waals surface area contributed by atoms with Gasteiger partial charge in [0.15, 0.2) is 0 Å². The van der Waals surface area contributed by atoms with Crippen LogP contribution in [-0.2, 0) is 11.3 Å². The van der Waals surface area contributed by atoms with Crippen molar-refractivity contribution in [3.8, 4) is 0 Å². The van der Waals surface area contributed by atoms with E-state index in [0.29, 0.717) is 0 Å². The van der Waals surface area contributed by atoms with Gasteiger partial charge in [-0.1, -0.05) is 0 Å². The minimum atomic E-state index is -0.861. The van der Waals surface area contributed by atoms with E-state index < -0.39 is 18.3 Å². The van der Waals surface area contributed by atoms with Gasteiger partial charge in [0.25, 0.3) is 5.69 Å². The molecule has 0 bridgehead atoms. The highest BCUT2D eigenvalue weighted by molar-refractivity contribution is 5.86. The van der Waals surface area contributed by atoms with Crippen molar-refractivity contribution in [2.75, 3.05) is 0 Å². The number of carbonyl (C=O) groups is 1. The van der Waals surface area contributed by atoms with E-state index in [4.69, 9.17) is 9.84 Å². The summed E-state index contributed by atoms with van der Waals surface area (Å²) in [4.78, 5) is 11.2. The first-order chi connectivity index (χ1) is 6.56. The van der Waals surface area contributed by atoms with Crippen molar-refractivity contribution < 1.29 is 24.2 Å². The fourth-order valence-corrected chi connectivity index (χ4v) is 0.842. The second-order valence-electron chi connectivity index (χ2n) is 2.84. The van der Waals surface area contributed by atoms with E-state index in [1.807, 2.05) is 0 Å². The molecular weight excluding hydrogens is 192 g/mol. The molecule has 7 nitrogen and oxygen atoms in total. The monoisotopic (exact) mass is 202 g/mol. The van der Waals surface area contributed by atoms with Crippen molar-refractivity contribution in [1.29, 1.82) is 0 Å². The third-order valence-corrected chi connectivity index (χ3v) is 1.37. The van der Waals surface area contributed by atoms with Crippen molar-refractivity contribution in [2.24, 2.45) is 0 Å². The van der Waals surface area contributed by atoms with Gasteiger partial charge in [-0.25, -0.2) is 4.79 Å². The normalized spacial score (nSPS) is 10.6. The van der Waals surface area contributed by atoms with Crippen molar-refractivity contribution in [2.45, 2.75) is 26.6 Å². The van der Waals surface area contributed by atoms with E-state index in [-0.39, 0.29) is 16.7 Å². The van der Waals surface area contributed by atoms with Crippen molar-refractivity contribution in [3.05, 3.63) is 16.6 Å². The van der Waals surface area contributed by atoms with Gasteiger partial charge in [0.2, 0.25) is 0 Å². The zero-order valence-electron chi connectivity index (χ0n) is 7.76. The third-order valence-electron chi connectivity index (χ3n) is 1.37. The molecule has 0 amide bonds. The third kappa shape index (κ3) is 1.99. The van der Waals surface area contributed by atoms with Crippen LogP contribution >= 0.6 is 0 Å². The molecule has 0 aliphatic rings. The maximum absolute atomic E-state index is 11.3. The molecule has 0 unspecified atom stereocenters. The second kappa shape index (κ2) is 4.05. The Kier molecular flexibility index (Phi) is 3.03. The number of aliphatic hydroxyl groups excluding tert-OH is 1. The molecule has 0 fully saturated rings. The van der Waals surface area contributed by atoms with E-state index in [1.54, 1.807) is 13.8 Å². The van der Waals surface area contributed by atoms with Crippen LogP contribution in [0.2, 0.25) is 0 Å². The first kappa shape index (κ1) is 10.5. The van der Waals surface area contributed by atoms with Gasteiger partial charge in [0.05, 0.1) is 6.10 Å². The van der Waals surface area contributed by atoms with Crippen molar-refractivity contribution in [1.82, 2.24) is 5.16 Å². The Balaban J connectivity index is 2.93. The standard InChI is InChI=1S/C7H10N2O5/c1-4(2)13-7(11)6-5(3-10)8-14-9(6)12/h4,10H,3H2,1-2H3. The summed E-state index contributed by atoms with van der Waals surface area (Å²) < 4.78 is 8.89. The van der Waals surface area contributed by atoms with E-state index in [1.165, 1.54) is 0 Å². The summed E-state index contributed by atoms with van der Waals surface area (Å²) >= 11 is 0. The summed E-state index contributed by atoms with van der Waals surface area (Å²) in [6.45, 7) is 2.72. The lowest BCUT2D eigenvalue weighted by Gasteiger charge is -2.04. The van der Waals surface area contributed by atoms with Crippen LogP contribution in [0.15, 0.2) is 4.63 Å². The molecule has 14 heavy (non-hydrogen) atoms. The van der Waals surface area contributed by atoms with Crippen LogP contribution in [-0.4, -0.2) is 22.3 Å². The summed E-state index contributed by atoms with van der Waals surface area (Å²) in [5, 5.41) is 22.8. The summed E-state index contributed by atoms with van der Waals surface area (Å²) in [5.41, 5.74) is -0.549. The fraction of sp³-hybridized carbons (Fsp3) is 0.571. The predicted molar refractivity (Wildman–Crippen MR) is 41.9 cm³/mol. The van der Waals surface area contributed by atoms with Crippen LogP contribution in [0.1, 0.15) is 30.0 Å². The summed E-state index contributed by atoms with van der Waals surface area (Å²) in [6, 6.07) is 0. The van der Waals surface area contributed by atoms with Crippen molar-refractivity contribution in [3.63, 3.8) is 0 Å². The highest BCUT2D eigenvalue weighted by Gasteiger charge is 2.27. The lowest BCUT2D eigenvalue weighted by molar-refractivity contribution is -0.804. The number of hydrogen-bond acceptors (Lipinski definition) is 6. The first-order valence-electron chi connectivity index (χ1n) is 3.96. The number of nitrogens with zero attached hydrogens (tertiary/aromatic N) is 2. The molecule has 1 aromatic rings. The number of aliphatic hydroxyl groups is 1. The maximum Gasteiger partial charge on any atom is 0.387 e. The minimum Gasteiger partial charge on any atom is -0.457 e. The fourth-order valence-electron chi connectivity index (χ4n) is 0.842. The Bertz CT molecular complexity index is 333. The zero-order chi connectivity index (χ0) is 10.7. The van der Waals surface area contributed by atoms with Crippen LogP contribution in [0.4, 0.5) is 0 Å². The van der Waals surface area contributed by atoms with E-state index in [0.717, 1.165) is 0 Å². The molecule has 1 aromatic heterocycles. The van der Waals surface area contributed by atoms with Gasteiger partial charge in [-0.15, -0.1) is 0 Å². The Hall–Kier alpha value is -1.63. The van der Waals surface area contributed by atoms with Gasteiger partial charge in [-0.05, 0) is 18.8 Å². The first-order valence-corrected chi connectivity index (χ1v) is 3.96. The Labute approximate surface area is 79.4 Å². The van der Waals surface area contributed by atoms with Gasteiger partial charge >= 0.3 is 11.7 Å². The lowest BCUT2D eigenvalue weighted by atomic mass is 10.3. The molecule has 0 aliphatic carbocycles. The van der Waals surface area contributed by atoms with Gasteiger partial charge in [-0.2, -0.15) is 0 Å². The summed E-state index contributed by atoms with van der Waals surface area (Å²) in [6.07, 6.45) is -0.357. The number of aromatic nitrogens is 2. The number of rotatable bonds is 3. The van der Waals surface area contributed by atoms with Crippen LogP contribution in [0, 0.1) is 5.21 Å². The predicted octanol–water partition coefficient (Wildman–Crippen LogP) is -0.634. The molecule has 0 spiro atoms. The Morgan fingerprint density at radius 2 is 2.43 bits per heavy atom. The molecule has 1 N–H and O–H groups in total. The summed E-state index contributed by atoms with van der Waals surface area (Å²) in [5.74, 6) is -0.861.